The highest BCUT2D eigenvalue weighted by molar-refractivity contribution is 5.05. The van der Waals surface area contributed by atoms with Crippen LogP contribution in [0.2, 0.25) is 0 Å². The highest BCUT2D eigenvalue weighted by Crippen LogP contribution is 2.39. The van der Waals surface area contributed by atoms with E-state index < -0.39 is 0 Å². The molecule has 67 valence electrons. The Kier molecular flexibility index (Phi) is 3.60. The van der Waals surface area contributed by atoms with E-state index in [1.54, 1.807) is 5.92 Å². The maximum Gasteiger partial charge on any atom is -0.0136 e. The molecule has 0 saturated heterocycles. The molecule has 0 aromatic carbocycles. The quantitative estimate of drug-likeness (QED) is 0.567. The summed E-state index contributed by atoms with van der Waals surface area (Å²) in [6.07, 6.45) is 0. The summed E-state index contributed by atoms with van der Waals surface area (Å²) in [4.78, 5) is 0. The average molecular weight is 155 g/mol. The smallest absolute Gasteiger partial charge is 0.0136 e. The molecule has 0 amide bonds. The van der Waals surface area contributed by atoms with Crippen LogP contribution >= 0.6 is 0 Å². The molecule has 0 aliphatic rings. The van der Waals surface area contributed by atoms with Gasteiger partial charge in [0.1, 0.15) is 0 Å². The van der Waals surface area contributed by atoms with Crippen molar-refractivity contribution in [1.82, 2.24) is 0 Å². The Labute approximate surface area is 72.4 Å². The lowest BCUT2D eigenvalue weighted by molar-refractivity contribution is 0.304. The van der Waals surface area contributed by atoms with Gasteiger partial charge in [-0.3, -0.25) is 0 Å². The van der Waals surface area contributed by atoms with Gasteiger partial charge in [-0.2, -0.15) is 0 Å². The van der Waals surface area contributed by atoms with Gasteiger partial charge in [0.15, 0.2) is 0 Å². The van der Waals surface area contributed by atoms with Gasteiger partial charge >= 0.3 is 0 Å². The summed E-state index contributed by atoms with van der Waals surface area (Å²) in [6, 6.07) is 0. The zero-order valence-electron chi connectivity index (χ0n) is 9.15. The van der Waals surface area contributed by atoms with Gasteiger partial charge in [-0.25, -0.2) is 0 Å². The van der Waals surface area contributed by atoms with Gasteiger partial charge in [0.05, 0.1) is 0 Å². The molecule has 0 unspecified atom stereocenters. The van der Waals surface area contributed by atoms with Crippen LogP contribution in [0.1, 0.15) is 48.5 Å². The summed E-state index contributed by atoms with van der Waals surface area (Å²) in [6.45, 7) is 16.1. The SMILES string of the molecule is CC(C)[C](C(C)C)C(C)(C)C. The first kappa shape index (κ1) is 11.0. The molecule has 0 nitrogen and oxygen atoms in total. The van der Waals surface area contributed by atoms with Crippen LogP contribution in [0.5, 0.6) is 0 Å². The standard InChI is InChI=1S/C11H23/c1-8(2)10(9(3)4)11(5,6)7/h8-9H,1-7H3. The van der Waals surface area contributed by atoms with E-state index in [0.29, 0.717) is 5.41 Å². The predicted molar refractivity (Wildman–Crippen MR) is 52.4 cm³/mol. The van der Waals surface area contributed by atoms with E-state index in [1.165, 1.54) is 0 Å². The Morgan fingerprint density at radius 1 is 0.818 bits per heavy atom. The maximum atomic E-state index is 2.31. The fourth-order valence-electron chi connectivity index (χ4n) is 2.40. The summed E-state index contributed by atoms with van der Waals surface area (Å²) in [7, 11) is 0. The van der Waals surface area contributed by atoms with E-state index in [9.17, 15) is 0 Å². The van der Waals surface area contributed by atoms with Crippen LogP contribution < -0.4 is 0 Å². The number of hydrogen-bond donors (Lipinski definition) is 0. The molecule has 0 saturated carbocycles. The largest absolute Gasteiger partial charge is 0.0622 e. The Balaban J connectivity index is 4.35. The van der Waals surface area contributed by atoms with Crippen molar-refractivity contribution in [2.75, 3.05) is 0 Å². The lowest BCUT2D eigenvalue weighted by Gasteiger charge is -2.36. The monoisotopic (exact) mass is 155 g/mol. The maximum absolute atomic E-state index is 2.31. The first-order valence-corrected chi connectivity index (χ1v) is 4.64. The second-order valence-electron chi connectivity index (χ2n) is 5.01. The highest BCUT2D eigenvalue weighted by Gasteiger charge is 2.30. The Morgan fingerprint density at radius 2 is 1.09 bits per heavy atom. The lowest BCUT2D eigenvalue weighted by atomic mass is 9.69. The normalized spacial score (nSPS) is 13.6. The molecule has 0 rings (SSSR count). The number of hydrogen-bond acceptors (Lipinski definition) is 0. The molecular formula is C11H23. The van der Waals surface area contributed by atoms with Crippen molar-refractivity contribution in [2.45, 2.75) is 48.5 Å². The zero-order chi connectivity index (χ0) is 9.23. The van der Waals surface area contributed by atoms with E-state index in [0.717, 1.165) is 11.8 Å². The molecule has 0 aromatic heterocycles. The summed E-state index contributed by atoms with van der Waals surface area (Å²) >= 11 is 0. The van der Waals surface area contributed by atoms with E-state index in [-0.39, 0.29) is 0 Å². The second kappa shape index (κ2) is 3.60. The van der Waals surface area contributed by atoms with Crippen LogP contribution in [0.3, 0.4) is 0 Å². The Bertz CT molecular complexity index is 95.7. The second-order valence-corrected chi connectivity index (χ2v) is 5.01. The summed E-state index contributed by atoms with van der Waals surface area (Å²) < 4.78 is 0. The van der Waals surface area contributed by atoms with Crippen LogP contribution in [-0.2, 0) is 0 Å². The number of rotatable bonds is 2. The van der Waals surface area contributed by atoms with Crippen molar-refractivity contribution < 1.29 is 0 Å². The molecule has 1 radical (unpaired) electrons. The molecule has 0 spiro atoms. The molecule has 0 heteroatoms. The molecule has 0 heterocycles. The van der Waals surface area contributed by atoms with Gasteiger partial charge in [0.2, 0.25) is 0 Å². The van der Waals surface area contributed by atoms with Crippen molar-refractivity contribution in [3.63, 3.8) is 0 Å². The molecule has 0 fully saturated rings. The van der Waals surface area contributed by atoms with Crippen molar-refractivity contribution in [3.05, 3.63) is 5.92 Å². The van der Waals surface area contributed by atoms with E-state index in [1.807, 2.05) is 0 Å². The lowest BCUT2D eigenvalue weighted by Crippen LogP contribution is -2.27. The van der Waals surface area contributed by atoms with Gasteiger partial charge in [-0.05, 0) is 23.2 Å². The highest BCUT2D eigenvalue weighted by atomic mass is 14.3. The fraction of sp³-hybridized carbons (Fsp3) is 0.909. The third-order valence-electron chi connectivity index (χ3n) is 2.11. The van der Waals surface area contributed by atoms with Crippen LogP contribution in [0.15, 0.2) is 0 Å². The molecule has 0 aliphatic carbocycles. The molecule has 0 aliphatic heterocycles. The predicted octanol–water partition coefficient (Wildman–Crippen LogP) is 3.92. The molecular weight excluding hydrogens is 132 g/mol. The third kappa shape index (κ3) is 3.27. The van der Waals surface area contributed by atoms with Gasteiger partial charge in [0, 0.05) is 0 Å². The van der Waals surface area contributed by atoms with Gasteiger partial charge < -0.3 is 0 Å². The van der Waals surface area contributed by atoms with E-state index in [4.69, 9.17) is 0 Å². The van der Waals surface area contributed by atoms with Crippen molar-refractivity contribution in [1.29, 1.82) is 0 Å². The van der Waals surface area contributed by atoms with Gasteiger partial charge in [0.25, 0.3) is 0 Å². The summed E-state index contributed by atoms with van der Waals surface area (Å²) in [5.74, 6) is 3.11. The molecule has 11 heavy (non-hydrogen) atoms. The van der Waals surface area contributed by atoms with Crippen LogP contribution in [0, 0.1) is 23.2 Å². The zero-order valence-corrected chi connectivity index (χ0v) is 9.15. The Morgan fingerprint density at radius 3 is 1.09 bits per heavy atom. The molecule has 0 aromatic rings. The van der Waals surface area contributed by atoms with E-state index >= 15 is 0 Å². The summed E-state index contributed by atoms with van der Waals surface area (Å²) in [5.41, 5.74) is 0.377. The molecule has 0 atom stereocenters. The van der Waals surface area contributed by atoms with Crippen molar-refractivity contribution in [2.24, 2.45) is 17.3 Å². The van der Waals surface area contributed by atoms with Gasteiger partial charge in [-0.1, -0.05) is 48.5 Å². The minimum Gasteiger partial charge on any atom is -0.0622 e. The minimum atomic E-state index is 0.377. The fourth-order valence-corrected chi connectivity index (χ4v) is 2.40. The third-order valence-corrected chi connectivity index (χ3v) is 2.11. The van der Waals surface area contributed by atoms with Crippen LogP contribution in [-0.4, -0.2) is 0 Å². The molecule has 0 bridgehead atoms. The van der Waals surface area contributed by atoms with E-state index in [2.05, 4.69) is 48.5 Å². The molecule has 0 N–H and O–H groups in total. The Hall–Kier alpha value is 0. The average Bonchev–Trinajstić information content (AvgIpc) is 1.54. The van der Waals surface area contributed by atoms with Crippen molar-refractivity contribution in [3.8, 4) is 0 Å². The van der Waals surface area contributed by atoms with Gasteiger partial charge in [-0.15, -0.1) is 0 Å². The van der Waals surface area contributed by atoms with Crippen LogP contribution in [0.25, 0.3) is 0 Å². The minimum absolute atomic E-state index is 0.377. The topological polar surface area (TPSA) is 0 Å². The first-order valence-electron chi connectivity index (χ1n) is 4.64. The van der Waals surface area contributed by atoms with Crippen LogP contribution in [0.4, 0.5) is 0 Å². The first-order chi connectivity index (χ1) is 4.76. The van der Waals surface area contributed by atoms with Crippen molar-refractivity contribution >= 4 is 0 Å². The summed E-state index contributed by atoms with van der Waals surface area (Å²) in [5, 5.41) is 0.